The fourth-order valence-corrected chi connectivity index (χ4v) is 3.38. The van der Waals surface area contributed by atoms with Crippen molar-refractivity contribution < 1.29 is 18.4 Å². The predicted molar refractivity (Wildman–Crippen MR) is 98.3 cm³/mol. The van der Waals surface area contributed by atoms with Gasteiger partial charge in [0.2, 0.25) is 5.91 Å². The number of benzene rings is 1. The highest BCUT2D eigenvalue weighted by atomic mass is 19.1. The van der Waals surface area contributed by atoms with Crippen LogP contribution in [-0.4, -0.2) is 42.0 Å². The first-order chi connectivity index (χ1) is 13.4. The highest BCUT2D eigenvalue weighted by Crippen LogP contribution is 2.36. The topological polar surface area (TPSA) is 74.1 Å². The lowest BCUT2D eigenvalue weighted by Gasteiger charge is -2.31. The fraction of sp³-hybridized carbons (Fsp3) is 0.500. The minimum atomic E-state index is -0.875. The zero-order valence-electron chi connectivity index (χ0n) is 15.5. The number of hydrogen-bond acceptors (Lipinski definition) is 4. The molecule has 2 heterocycles. The number of piperidine rings is 1. The van der Waals surface area contributed by atoms with Crippen LogP contribution in [0.2, 0.25) is 0 Å². The molecule has 8 heteroatoms. The van der Waals surface area contributed by atoms with Gasteiger partial charge in [0, 0.05) is 50.9 Å². The zero-order chi connectivity index (χ0) is 20.1. The van der Waals surface area contributed by atoms with Gasteiger partial charge in [0.05, 0.1) is 5.56 Å². The third-order valence-electron chi connectivity index (χ3n) is 5.19. The quantitative estimate of drug-likeness (QED) is 0.730. The molecular weight excluding hydrogens is 366 g/mol. The highest BCUT2D eigenvalue weighted by molar-refractivity contribution is 5.94. The Labute approximate surface area is 162 Å². The van der Waals surface area contributed by atoms with E-state index in [-0.39, 0.29) is 17.4 Å². The monoisotopic (exact) mass is 388 g/mol. The predicted octanol–water partition coefficient (Wildman–Crippen LogP) is 2.90. The molecule has 1 aromatic rings. The van der Waals surface area contributed by atoms with Crippen LogP contribution in [0.4, 0.5) is 8.78 Å². The molecule has 1 N–H and O–H groups in total. The minimum absolute atomic E-state index is 0.0622. The van der Waals surface area contributed by atoms with Crippen LogP contribution in [0.3, 0.4) is 0 Å². The number of carbonyl (C=O) groups is 2. The Hall–Kier alpha value is -2.82. The molecule has 1 saturated heterocycles. The van der Waals surface area contributed by atoms with Crippen molar-refractivity contribution >= 4 is 11.8 Å². The van der Waals surface area contributed by atoms with Crippen molar-refractivity contribution in [3.8, 4) is 12.3 Å². The average Bonchev–Trinajstić information content (AvgIpc) is 3.46. The standard InChI is InChI=1S/C20H22F2N4O2/c1-2-3-8-20(24-25-20)9-10-23-18(27)14-6-11-26(12-7-14)19(28)16-5-4-15(21)13-17(16)22/h1,4-5,13-14H,3,6-12H2,(H,23,27). The molecule has 0 spiro atoms. The van der Waals surface area contributed by atoms with Gasteiger partial charge in [-0.1, -0.05) is 0 Å². The molecule has 0 radical (unpaired) electrons. The van der Waals surface area contributed by atoms with Gasteiger partial charge in [0.15, 0.2) is 5.66 Å². The van der Waals surface area contributed by atoms with Gasteiger partial charge in [0.25, 0.3) is 5.91 Å². The Morgan fingerprint density at radius 1 is 1.25 bits per heavy atom. The Kier molecular flexibility index (Phi) is 6.02. The van der Waals surface area contributed by atoms with Crippen molar-refractivity contribution in [3.63, 3.8) is 0 Å². The lowest BCUT2D eigenvalue weighted by molar-refractivity contribution is -0.126. The summed E-state index contributed by atoms with van der Waals surface area (Å²) in [5.74, 6) is 0.222. The normalized spacial score (nSPS) is 17.8. The molecule has 0 bridgehead atoms. The average molecular weight is 388 g/mol. The molecule has 148 valence electrons. The summed E-state index contributed by atoms with van der Waals surface area (Å²) in [5.41, 5.74) is -0.576. The number of carbonyl (C=O) groups excluding carboxylic acids is 2. The number of amides is 2. The van der Waals surface area contributed by atoms with E-state index in [0.29, 0.717) is 57.8 Å². The molecule has 0 saturated carbocycles. The first-order valence-electron chi connectivity index (χ1n) is 9.34. The van der Waals surface area contributed by atoms with Crippen LogP contribution in [0, 0.1) is 29.9 Å². The van der Waals surface area contributed by atoms with Crippen LogP contribution in [0.5, 0.6) is 0 Å². The van der Waals surface area contributed by atoms with Crippen LogP contribution < -0.4 is 5.32 Å². The van der Waals surface area contributed by atoms with E-state index in [9.17, 15) is 18.4 Å². The lowest BCUT2D eigenvalue weighted by atomic mass is 9.95. The smallest absolute Gasteiger partial charge is 0.256 e. The van der Waals surface area contributed by atoms with Crippen molar-refractivity contribution in [2.75, 3.05) is 19.6 Å². The molecule has 0 aromatic heterocycles. The third-order valence-corrected chi connectivity index (χ3v) is 5.19. The summed E-state index contributed by atoms with van der Waals surface area (Å²) >= 11 is 0. The van der Waals surface area contributed by atoms with Gasteiger partial charge in [-0.05, 0) is 25.0 Å². The van der Waals surface area contributed by atoms with E-state index in [1.165, 1.54) is 4.90 Å². The molecule has 2 aliphatic heterocycles. The largest absolute Gasteiger partial charge is 0.356 e. The summed E-state index contributed by atoms with van der Waals surface area (Å²) in [6.07, 6.45) is 8.17. The summed E-state index contributed by atoms with van der Waals surface area (Å²) in [4.78, 5) is 26.3. The molecule has 3 rings (SSSR count). The van der Waals surface area contributed by atoms with Gasteiger partial charge in [-0.2, -0.15) is 10.2 Å². The van der Waals surface area contributed by atoms with Gasteiger partial charge in [-0.3, -0.25) is 9.59 Å². The van der Waals surface area contributed by atoms with Gasteiger partial charge in [-0.25, -0.2) is 8.78 Å². The highest BCUT2D eigenvalue weighted by Gasteiger charge is 2.39. The maximum absolute atomic E-state index is 13.8. The number of rotatable bonds is 7. The maximum atomic E-state index is 13.8. The van der Waals surface area contributed by atoms with Crippen molar-refractivity contribution in [3.05, 3.63) is 35.4 Å². The van der Waals surface area contributed by atoms with Crippen LogP contribution in [0.1, 0.15) is 42.5 Å². The molecule has 1 fully saturated rings. The second-order valence-electron chi connectivity index (χ2n) is 7.12. The van der Waals surface area contributed by atoms with Crippen LogP contribution in [0.15, 0.2) is 28.4 Å². The summed E-state index contributed by atoms with van der Waals surface area (Å²) in [6.45, 7) is 1.17. The number of nitrogens with zero attached hydrogens (tertiary/aromatic N) is 3. The van der Waals surface area contributed by atoms with Gasteiger partial charge in [-0.15, -0.1) is 12.3 Å². The third kappa shape index (κ3) is 4.71. The van der Waals surface area contributed by atoms with Gasteiger partial charge >= 0.3 is 0 Å². The van der Waals surface area contributed by atoms with Crippen molar-refractivity contribution in [1.82, 2.24) is 10.2 Å². The Morgan fingerprint density at radius 3 is 2.57 bits per heavy atom. The molecule has 6 nitrogen and oxygen atoms in total. The molecular formula is C20H22F2N4O2. The van der Waals surface area contributed by atoms with Crippen LogP contribution in [0.25, 0.3) is 0 Å². The van der Waals surface area contributed by atoms with E-state index in [2.05, 4.69) is 21.5 Å². The molecule has 0 aliphatic carbocycles. The first kappa shape index (κ1) is 19.9. The van der Waals surface area contributed by atoms with Gasteiger partial charge in [0.1, 0.15) is 11.6 Å². The van der Waals surface area contributed by atoms with E-state index < -0.39 is 23.2 Å². The minimum Gasteiger partial charge on any atom is -0.356 e. The summed E-state index contributed by atoms with van der Waals surface area (Å²) < 4.78 is 26.8. The molecule has 2 aliphatic rings. The summed E-state index contributed by atoms with van der Waals surface area (Å²) in [7, 11) is 0. The number of likely N-dealkylation sites (tertiary alicyclic amines) is 1. The van der Waals surface area contributed by atoms with E-state index in [4.69, 9.17) is 6.42 Å². The number of nitrogens with one attached hydrogen (secondary N) is 1. The van der Waals surface area contributed by atoms with E-state index in [0.717, 1.165) is 12.1 Å². The number of hydrogen-bond donors (Lipinski definition) is 1. The van der Waals surface area contributed by atoms with Gasteiger partial charge < -0.3 is 10.2 Å². The maximum Gasteiger partial charge on any atom is 0.256 e. The van der Waals surface area contributed by atoms with Crippen molar-refractivity contribution in [2.45, 2.75) is 37.8 Å². The number of halogens is 2. The first-order valence-corrected chi connectivity index (χ1v) is 9.34. The SMILES string of the molecule is C#CCCC1(CCNC(=O)C2CCN(C(=O)c3ccc(F)cc3F)CC2)N=N1. The van der Waals surface area contributed by atoms with Crippen LogP contribution >= 0.6 is 0 Å². The molecule has 1 aromatic carbocycles. The second kappa shape index (κ2) is 8.46. The number of terminal acetylenes is 1. The molecule has 28 heavy (non-hydrogen) atoms. The lowest BCUT2D eigenvalue weighted by Crippen LogP contribution is -2.43. The van der Waals surface area contributed by atoms with E-state index >= 15 is 0 Å². The Morgan fingerprint density at radius 2 is 1.96 bits per heavy atom. The summed E-state index contributed by atoms with van der Waals surface area (Å²) in [6, 6.07) is 2.91. The molecule has 2 amide bonds. The van der Waals surface area contributed by atoms with E-state index in [1.54, 1.807) is 0 Å². The summed E-state index contributed by atoms with van der Waals surface area (Å²) in [5, 5.41) is 11.0. The Bertz CT molecular complexity index is 820. The zero-order valence-corrected chi connectivity index (χ0v) is 15.5. The van der Waals surface area contributed by atoms with Crippen molar-refractivity contribution in [2.24, 2.45) is 16.1 Å². The van der Waals surface area contributed by atoms with E-state index in [1.807, 2.05) is 0 Å². The molecule has 0 atom stereocenters. The van der Waals surface area contributed by atoms with Crippen molar-refractivity contribution in [1.29, 1.82) is 0 Å². The fourth-order valence-electron chi connectivity index (χ4n) is 3.38. The van der Waals surface area contributed by atoms with Crippen LogP contribution in [-0.2, 0) is 4.79 Å². The molecule has 0 unspecified atom stereocenters. The Balaban J connectivity index is 1.43. The second-order valence-corrected chi connectivity index (χ2v) is 7.12.